The second kappa shape index (κ2) is 5.06. The Balaban J connectivity index is 1.78. The third-order valence-electron chi connectivity index (χ3n) is 2.99. The van der Waals surface area contributed by atoms with Gasteiger partial charge in [-0.1, -0.05) is 24.3 Å². The van der Waals surface area contributed by atoms with Crippen LogP contribution in [-0.4, -0.2) is 9.97 Å². The van der Waals surface area contributed by atoms with Gasteiger partial charge in [-0.2, -0.15) is 0 Å². The molecule has 0 saturated carbocycles. The number of aromatic nitrogens is 2. The van der Waals surface area contributed by atoms with Gasteiger partial charge < -0.3 is 5.32 Å². The SMILES string of the molecule is Cc1cccc(NCc2cnc3ccccc3n2)c1. The zero-order chi connectivity index (χ0) is 13.1. The minimum atomic E-state index is 0.682. The van der Waals surface area contributed by atoms with Crippen LogP contribution in [0.25, 0.3) is 11.0 Å². The van der Waals surface area contributed by atoms with E-state index in [1.54, 1.807) is 0 Å². The van der Waals surface area contributed by atoms with Crippen molar-refractivity contribution in [3.05, 3.63) is 66.0 Å². The summed E-state index contributed by atoms with van der Waals surface area (Å²) >= 11 is 0. The van der Waals surface area contributed by atoms with E-state index < -0.39 is 0 Å². The highest BCUT2D eigenvalue weighted by molar-refractivity contribution is 5.73. The van der Waals surface area contributed by atoms with E-state index in [-0.39, 0.29) is 0 Å². The van der Waals surface area contributed by atoms with Crippen molar-refractivity contribution >= 4 is 16.7 Å². The summed E-state index contributed by atoms with van der Waals surface area (Å²) in [6.07, 6.45) is 1.82. The molecule has 0 spiro atoms. The Kier molecular flexibility index (Phi) is 3.11. The molecule has 94 valence electrons. The van der Waals surface area contributed by atoms with Crippen LogP contribution >= 0.6 is 0 Å². The van der Waals surface area contributed by atoms with Crippen LogP contribution < -0.4 is 5.32 Å². The normalized spacial score (nSPS) is 10.6. The van der Waals surface area contributed by atoms with E-state index in [1.165, 1.54) is 5.56 Å². The molecule has 0 atom stereocenters. The number of nitrogens with one attached hydrogen (secondary N) is 1. The first-order valence-electron chi connectivity index (χ1n) is 6.32. The number of para-hydroxylation sites is 2. The molecule has 0 saturated heterocycles. The van der Waals surface area contributed by atoms with E-state index in [4.69, 9.17) is 0 Å². The second-order valence-electron chi connectivity index (χ2n) is 4.57. The molecule has 0 bridgehead atoms. The number of fused-ring (bicyclic) bond motifs is 1. The smallest absolute Gasteiger partial charge is 0.0890 e. The summed E-state index contributed by atoms with van der Waals surface area (Å²) in [7, 11) is 0. The number of hydrogen-bond acceptors (Lipinski definition) is 3. The maximum Gasteiger partial charge on any atom is 0.0890 e. The highest BCUT2D eigenvalue weighted by Gasteiger charge is 1.99. The van der Waals surface area contributed by atoms with E-state index in [0.29, 0.717) is 6.54 Å². The summed E-state index contributed by atoms with van der Waals surface area (Å²) in [4.78, 5) is 9.00. The number of hydrogen-bond donors (Lipinski definition) is 1. The van der Waals surface area contributed by atoms with Gasteiger partial charge in [0, 0.05) is 5.69 Å². The van der Waals surface area contributed by atoms with Crippen LogP contribution in [0.5, 0.6) is 0 Å². The first kappa shape index (κ1) is 11.7. The lowest BCUT2D eigenvalue weighted by atomic mass is 10.2. The van der Waals surface area contributed by atoms with Gasteiger partial charge in [0.05, 0.1) is 29.5 Å². The van der Waals surface area contributed by atoms with Crippen LogP contribution in [0.3, 0.4) is 0 Å². The number of aryl methyl sites for hydroxylation is 1. The summed E-state index contributed by atoms with van der Waals surface area (Å²) in [5.41, 5.74) is 5.16. The number of rotatable bonds is 3. The van der Waals surface area contributed by atoms with Crippen LogP contribution in [-0.2, 0) is 6.54 Å². The molecule has 1 aromatic heterocycles. The summed E-state index contributed by atoms with van der Waals surface area (Å²) in [5, 5.41) is 3.36. The van der Waals surface area contributed by atoms with E-state index in [9.17, 15) is 0 Å². The van der Waals surface area contributed by atoms with E-state index in [2.05, 4.69) is 40.4 Å². The zero-order valence-corrected chi connectivity index (χ0v) is 10.8. The second-order valence-corrected chi connectivity index (χ2v) is 4.57. The fraction of sp³-hybridized carbons (Fsp3) is 0.125. The maximum absolute atomic E-state index is 4.59. The summed E-state index contributed by atoms with van der Waals surface area (Å²) in [6.45, 7) is 2.77. The Bertz CT molecular complexity index is 707. The average Bonchev–Trinajstić information content (AvgIpc) is 2.45. The van der Waals surface area contributed by atoms with Gasteiger partial charge in [-0.25, -0.2) is 4.98 Å². The van der Waals surface area contributed by atoms with Crippen molar-refractivity contribution in [1.82, 2.24) is 9.97 Å². The van der Waals surface area contributed by atoms with Gasteiger partial charge in [0.25, 0.3) is 0 Å². The van der Waals surface area contributed by atoms with Gasteiger partial charge in [0.15, 0.2) is 0 Å². The fourth-order valence-electron chi connectivity index (χ4n) is 2.03. The Labute approximate surface area is 112 Å². The molecule has 19 heavy (non-hydrogen) atoms. The summed E-state index contributed by atoms with van der Waals surface area (Å²) < 4.78 is 0. The fourth-order valence-corrected chi connectivity index (χ4v) is 2.03. The third kappa shape index (κ3) is 2.71. The van der Waals surface area contributed by atoms with Crippen molar-refractivity contribution in [3.8, 4) is 0 Å². The van der Waals surface area contributed by atoms with Gasteiger partial charge >= 0.3 is 0 Å². The Hall–Kier alpha value is -2.42. The Morgan fingerprint density at radius 2 is 1.84 bits per heavy atom. The summed E-state index contributed by atoms with van der Waals surface area (Å²) in [5.74, 6) is 0. The van der Waals surface area contributed by atoms with E-state index >= 15 is 0 Å². The minimum absolute atomic E-state index is 0.682. The lowest BCUT2D eigenvalue weighted by molar-refractivity contribution is 1.04. The van der Waals surface area contributed by atoms with Crippen molar-refractivity contribution in [2.45, 2.75) is 13.5 Å². The molecule has 0 fully saturated rings. The number of anilines is 1. The molecule has 0 radical (unpaired) electrons. The van der Waals surface area contributed by atoms with Gasteiger partial charge in [-0.15, -0.1) is 0 Å². The molecule has 2 aromatic carbocycles. The molecule has 0 aliphatic heterocycles. The molecule has 0 aliphatic rings. The molecule has 0 amide bonds. The monoisotopic (exact) mass is 249 g/mol. The standard InChI is InChI=1S/C16H15N3/c1-12-5-4-6-13(9-12)17-10-14-11-18-15-7-2-3-8-16(15)19-14/h2-9,11,17H,10H2,1H3. The Morgan fingerprint density at radius 1 is 1.00 bits per heavy atom. The molecule has 3 nitrogen and oxygen atoms in total. The van der Waals surface area contributed by atoms with Crippen molar-refractivity contribution in [2.24, 2.45) is 0 Å². The molecule has 0 aliphatic carbocycles. The highest BCUT2D eigenvalue weighted by atomic mass is 14.9. The van der Waals surface area contributed by atoms with Crippen molar-refractivity contribution in [1.29, 1.82) is 0 Å². The van der Waals surface area contributed by atoms with Gasteiger partial charge in [0.2, 0.25) is 0 Å². The first-order valence-corrected chi connectivity index (χ1v) is 6.32. The van der Waals surface area contributed by atoms with E-state index in [0.717, 1.165) is 22.4 Å². The molecule has 1 N–H and O–H groups in total. The lowest BCUT2D eigenvalue weighted by Gasteiger charge is -2.07. The molecule has 1 heterocycles. The van der Waals surface area contributed by atoms with Crippen molar-refractivity contribution in [3.63, 3.8) is 0 Å². The number of nitrogens with zero attached hydrogens (tertiary/aromatic N) is 2. The molecule has 0 unspecified atom stereocenters. The predicted octanol–water partition coefficient (Wildman–Crippen LogP) is 3.55. The van der Waals surface area contributed by atoms with Crippen molar-refractivity contribution in [2.75, 3.05) is 5.32 Å². The molecule has 3 heteroatoms. The average molecular weight is 249 g/mol. The van der Waals surface area contributed by atoms with Crippen LogP contribution in [0, 0.1) is 6.92 Å². The maximum atomic E-state index is 4.59. The van der Waals surface area contributed by atoms with Gasteiger partial charge in [-0.05, 0) is 36.8 Å². The lowest BCUT2D eigenvalue weighted by Crippen LogP contribution is -2.02. The van der Waals surface area contributed by atoms with Crippen LogP contribution in [0.2, 0.25) is 0 Å². The Morgan fingerprint density at radius 3 is 2.68 bits per heavy atom. The van der Waals surface area contributed by atoms with Crippen LogP contribution in [0.1, 0.15) is 11.3 Å². The van der Waals surface area contributed by atoms with Crippen molar-refractivity contribution < 1.29 is 0 Å². The third-order valence-corrected chi connectivity index (χ3v) is 2.99. The number of benzene rings is 2. The van der Waals surface area contributed by atoms with Gasteiger partial charge in [0.1, 0.15) is 0 Å². The predicted molar refractivity (Wildman–Crippen MR) is 78.0 cm³/mol. The molecular weight excluding hydrogens is 234 g/mol. The zero-order valence-electron chi connectivity index (χ0n) is 10.8. The quantitative estimate of drug-likeness (QED) is 0.771. The molecular formula is C16H15N3. The van der Waals surface area contributed by atoms with E-state index in [1.807, 2.05) is 36.5 Å². The van der Waals surface area contributed by atoms with Crippen LogP contribution in [0.4, 0.5) is 5.69 Å². The minimum Gasteiger partial charge on any atom is -0.379 e. The topological polar surface area (TPSA) is 37.8 Å². The highest BCUT2D eigenvalue weighted by Crippen LogP contribution is 2.12. The molecule has 3 aromatic rings. The largest absolute Gasteiger partial charge is 0.379 e. The molecule has 3 rings (SSSR count). The first-order chi connectivity index (χ1) is 9.31. The van der Waals surface area contributed by atoms with Gasteiger partial charge in [-0.3, -0.25) is 4.98 Å². The van der Waals surface area contributed by atoms with Crippen LogP contribution in [0.15, 0.2) is 54.7 Å². The summed E-state index contributed by atoms with van der Waals surface area (Å²) in [6, 6.07) is 16.2.